The number of benzene rings is 1. The lowest BCUT2D eigenvalue weighted by Crippen LogP contribution is -2.53. The summed E-state index contributed by atoms with van der Waals surface area (Å²) < 4.78 is 18.4. The van der Waals surface area contributed by atoms with Crippen LogP contribution in [0.25, 0.3) is 11.5 Å². The summed E-state index contributed by atoms with van der Waals surface area (Å²) in [5, 5.41) is 2.96. The lowest BCUT2D eigenvalue weighted by molar-refractivity contribution is -0.128. The van der Waals surface area contributed by atoms with E-state index in [0.29, 0.717) is 18.9 Å². The maximum absolute atomic E-state index is 13.0. The Bertz CT molecular complexity index is 725. The van der Waals surface area contributed by atoms with Gasteiger partial charge in [-0.15, -0.1) is 0 Å². The molecule has 3 N–H and O–H groups in total. The van der Waals surface area contributed by atoms with Crippen molar-refractivity contribution in [3.8, 4) is 11.5 Å². The van der Waals surface area contributed by atoms with Crippen molar-refractivity contribution in [2.24, 2.45) is 11.7 Å². The summed E-state index contributed by atoms with van der Waals surface area (Å²) in [5.74, 6) is 0.0382. The number of aromatic nitrogens is 1. The van der Waals surface area contributed by atoms with Crippen molar-refractivity contribution in [2.45, 2.75) is 44.6 Å². The van der Waals surface area contributed by atoms with Gasteiger partial charge in [-0.3, -0.25) is 4.79 Å². The highest BCUT2D eigenvalue weighted by atomic mass is 19.1. The van der Waals surface area contributed by atoms with Crippen LogP contribution in [-0.2, 0) is 11.2 Å². The SMILES string of the molecule is CC1(N)CCCCC1C(=O)NCCc1coc(-c2ccc(F)cc2)n1. The molecule has 0 aliphatic heterocycles. The van der Waals surface area contributed by atoms with Crippen LogP contribution in [0.15, 0.2) is 34.9 Å². The van der Waals surface area contributed by atoms with Gasteiger partial charge in [-0.1, -0.05) is 12.8 Å². The van der Waals surface area contributed by atoms with Gasteiger partial charge in [0.2, 0.25) is 11.8 Å². The highest BCUT2D eigenvalue weighted by Gasteiger charge is 2.37. The first-order valence-corrected chi connectivity index (χ1v) is 8.73. The number of hydrogen-bond donors (Lipinski definition) is 2. The number of nitrogens with two attached hydrogens (primary N) is 1. The Kier molecular flexibility index (Phi) is 5.18. The average molecular weight is 345 g/mol. The molecule has 2 aromatic rings. The Hall–Kier alpha value is -2.21. The van der Waals surface area contributed by atoms with Crippen molar-refractivity contribution >= 4 is 5.91 Å². The van der Waals surface area contributed by atoms with Gasteiger partial charge in [-0.05, 0) is 44.0 Å². The van der Waals surface area contributed by atoms with Crippen LogP contribution in [0.1, 0.15) is 38.3 Å². The predicted molar refractivity (Wildman–Crippen MR) is 93.2 cm³/mol. The number of nitrogens with zero attached hydrogens (tertiary/aromatic N) is 1. The monoisotopic (exact) mass is 345 g/mol. The number of rotatable bonds is 5. The molecular weight excluding hydrogens is 321 g/mol. The zero-order chi connectivity index (χ0) is 17.9. The third kappa shape index (κ3) is 4.25. The van der Waals surface area contributed by atoms with Crippen LogP contribution in [-0.4, -0.2) is 23.0 Å². The minimum atomic E-state index is -0.425. The van der Waals surface area contributed by atoms with E-state index in [1.54, 1.807) is 18.4 Å². The minimum absolute atomic E-state index is 0.0203. The Morgan fingerprint density at radius 1 is 1.40 bits per heavy atom. The molecule has 1 saturated carbocycles. The first kappa shape index (κ1) is 17.6. The van der Waals surface area contributed by atoms with E-state index in [2.05, 4.69) is 10.3 Å². The van der Waals surface area contributed by atoms with E-state index in [1.807, 2.05) is 6.92 Å². The van der Waals surface area contributed by atoms with Gasteiger partial charge in [0.15, 0.2) is 0 Å². The molecule has 0 spiro atoms. The molecule has 2 atom stereocenters. The molecule has 1 fully saturated rings. The van der Waals surface area contributed by atoms with Crippen LogP contribution in [0.3, 0.4) is 0 Å². The van der Waals surface area contributed by atoms with Crippen molar-refractivity contribution in [1.82, 2.24) is 10.3 Å². The van der Waals surface area contributed by atoms with Crippen LogP contribution in [0.4, 0.5) is 4.39 Å². The maximum atomic E-state index is 13.0. The molecular formula is C19H24FN3O2. The summed E-state index contributed by atoms with van der Waals surface area (Å²) in [5.41, 5.74) is 7.31. The molecule has 1 amide bonds. The summed E-state index contributed by atoms with van der Waals surface area (Å²) in [6, 6.07) is 5.98. The van der Waals surface area contributed by atoms with Gasteiger partial charge >= 0.3 is 0 Å². The van der Waals surface area contributed by atoms with Gasteiger partial charge in [0.1, 0.15) is 12.1 Å². The molecule has 0 saturated heterocycles. The molecule has 3 rings (SSSR count). The fraction of sp³-hybridized carbons (Fsp3) is 0.474. The number of oxazole rings is 1. The molecule has 134 valence electrons. The van der Waals surface area contributed by atoms with Gasteiger partial charge < -0.3 is 15.5 Å². The quantitative estimate of drug-likeness (QED) is 0.873. The van der Waals surface area contributed by atoms with Crippen molar-refractivity contribution < 1.29 is 13.6 Å². The molecule has 1 heterocycles. The number of halogens is 1. The highest BCUT2D eigenvalue weighted by Crippen LogP contribution is 2.31. The van der Waals surface area contributed by atoms with Gasteiger partial charge in [0.05, 0.1) is 11.6 Å². The third-order valence-electron chi connectivity index (χ3n) is 4.89. The minimum Gasteiger partial charge on any atom is -0.444 e. The summed E-state index contributed by atoms with van der Waals surface area (Å²) in [6.45, 7) is 2.45. The maximum Gasteiger partial charge on any atom is 0.226 e. The van der Waals surface area contributed by atoms with Crippen LogP contribution in [0.5, 0.6) is 0 Å². The van der Waals surface area contributed by atoms with E-state index in [4.69, 9.17) is 10.2 Å². The molecule has 0 bridgehead atoms. The van der Waals surface area contributed by atoms with Crippen LogP contribution in [0, 0.1) is 11.7 Å². The van der Waals surface area contributed by atoms with Gasteiger partial charge in [-0.25, -0.2) is 9.37 Å². The lowest BCUT2D eigenvalue weighted by Gasteiger charge is -2.37. The number of amides is 1. The van der Waals surface area contributed by atoms with Crippen molar-refractivity contribution in [3.63, 3.8) is 0 Å². The van der Waals surface area contributed by atoms with Crippen LogP contribution in [0.2, 0.25) is 0 Å². The molecule has 1 aliphatic rings. The topological polar surface area (TPSA) is 81.2 Å². The normalized spacial score (nSPS) is 23.4. The zero-order valence-electron chi connectivity index (χ0n) is 14.4. The summed E-state index contributed by atoms with van der Waals surface area (Å²) in [4.78, 5) is 16.8. The van der Waals surface area contributed by atoms with Crippen molar-refractivity contribution in [3.05, 3.63) is 42.0 Å². The largest absolute Gasteiger partial charge is 0.444 e. The van der Waals surface area contributed by atoms with Crippen molar-refractivity contribution in [1.29, 1.82) is 0 Å². The van der Waals surface area contributed by atoms with E-state index in [1.165, 1.54) is 12.1 Å². The summed E-state index contributed by atoms with van der Waals surface area (Å²) >= 11 is 0. The molecule has 1 aromatic carbocycles. The smallest absolute Gasteiger partial charge is 0.226 e. The van der Waals surface area contributed by atoms with E-state index >= 15 is 0 Å². The zero-order valence-corrected chi connectivity index (χ0v) is 14.4. The molecule has 6 heteroatoms. The van der Waals surface area contributed by atoms with Crippen molar-refractivity contribution in [2.75, 3.05) is 6.54 Å². The predicted octanol–water partition coefficient (Wildman–Crippen LogP) is 3.05. The van der Waals surface area contributed by atoms with Crippen LogP contribution < -0.4 is 11.1 Å². The van der Waals surface area contributed by atoms with E-state index in [-0.39, 0.29) is 17.6 Å². The molecule has 0 radical (unpaired) electrons. The highest BCUT2D eigenvalue weighted by molar-refractivity contribution is 5.80. The molecule has 25 heavy (non-hydrogen) atoms. The summed E-state index contributed by atoms with van der Waals surface area (Å²) in [6.07, 6.45) is 6.01. The van der Waals surface area contributed by atoms with E-state index in [0.717, 1.165) is 36.9 Å². The Labute approximate surface area is 146 Å². The molecule has 2 unspecified atom stereocenters. The second kappa shape index (κ2) is 7.35. The molecule has 1 aliphatic carbocycles. The first-order valence-electron chi connectivity index (χ1n) is 8.73. The second-order valence-corrected chi connectivity index (χ2v) is 7.00. The molecule has 5 nitrogen and oxygen atoms in total. The summed E-state index contributed by atoms with van der Waals surface area (Å²) in [7, 11) is 0. The fourth-order valence-corrected chi connectivity index (χ4v) is 3.37. The number of carbonyl (C=O) groups is 1. The lowest BCUT2D eigenvalue weighted by atomic mass is 9.74. The van der Waals surface area contributed by atoms with E-state index < -0.39 is 5.54 Å². The number of hydrogen-bond acceptors (Lipinski definition) is 4. The number of carbonyl (C=O) groups excluding carboxylic acids is 1. The Morgan fingerprint density at radius 3 is 2.88 bits per heavy atom. The molecule has 1 aromatic heterocycles. The van der Waals surface area contributed by atoms with E-state index in [9.17, 15) is 9.18 Å². The van der Waals surface area contributed by atoms with Gasteiger partial charge in [0.25, 0.3) is 0 Å². The first-order chi connectivity index (χ1) is 12.0. The van der Waals surface area contributed by atoms with Crippen LogP contribution >= 0.6 is 0 Å². The standard InChI is InChI=1S/C19H24FN3O2/c1-19(21)10-3-2-4-16(19)17(24)22-11-9-15-12-25-18(23-15)13-5-7-14(20)8-6-13/h5-8,12,16H,2-4,9-11,21H2,1H3,(H,22,24). The number of nitrogens with one attached hydrogen (secondary N) is 1. The third-order valence-corrected chi connectivity index (χ3v) is 4.89. The Balaban J connectivity index is 1.52. The van der Waals surface area contributed by atoms with Gasteiger partial charge in [0, 0.05) is 24.1 Å². The second-order valence-electron chi connectivity index (χ2n) is 7.00. The average Bonchev–Trinajstić information content (AvgIpc) is 3.04. The Morgan fingerprint density at radius 2 is 2.16 bits per heavy atom. The van der Waals surface area contributed by atoms with Gasteiger partial charge in [-0.2, -0.15) is 0 Å². The fourth-order valence-electron chi connectivity index (χ4n) is 3.37.